The number of alkyl halides is 3. The lowest BCUT2D eigenvalue weighted by Gasteiger charge is -2.15. The Morgan fingerprint density at radius 3 is 2.61 bits per heavy atom. The van der Waals surface area contributed by atoms with Crippen LogP contribution < -0.4 is 9.47 Å². The lowest BCUT2D eigenvalue weighted by molar-refractivity contribution is -0.275. The predicted octanol–water partition coefficient (Wildman–Crippen LogP) is 5.47. The predicted molar refractivity (Wildman–Crippen MR) is 96.9 cm³/mol. The van der Waals surface area contributed by atoms with E-state index >= 15 is 0 Å². The van der Waals surface area contributed by atoms with E-state index in [9.17, 15) is 13.2 Å². The number of aromatic nitrogens is 3. The van der Waals surface area contributed by atoms with Gasteiger partial charge in [-0.3, -0.25) is 4.40 Å². The average Bonchev–Trinajstić information content (AvgIpc) is 3.34. The van der Waals surface area contributed by atoms with E-state index in [1.807, 2.05) is 0 Å². The first-order valence-electron chi connectivity index (χ1n) is 8.49. The van der Waals surface area contributed by atoms with E-state index in [0.717, 1.165) is 18.3 Å². The molecule has 1 aliphatic rings. The van der Waals surface area contributed by atoms with Crippen LogP contribution in [0, 0.1) is 5.92 Å². The van der Waals surface area contributed by atoms with Gasteiger partial charge < -0.3 is 9.47 Å². The maximum atomic E-state index is 12.6. The summed E-state index contributed by atoms with van der Waals surface area (Å²) in [6.07, 6.45) is 0.119. The van der Waals surface area contributed by atoms with Crippen molar-refractivity contribution in [3.63, 3.8) is 0 Å². The molecule has 3 aromatic rings. The lowest BCUT2D eigenvalue weighted by atomic mass is 10.2. The van der Waals surface area contributed by atoms with E-state index in [4.69, 9.17) is 27.9 Å². The van der Waals surface area contributed by atoms with Gasteiger partial charge in [-0.25, -0.2) is 0 Å². The lowest BCUT2D eigenvalue weighted by Crippen LogP contribution is -2.18. The molecular weight excluding hydrogens is 418 g/mol. The molecular formula is C18H14Cl2F3N3O2. The fourth-order valence-electron chi connectivity index (χ4n) is 2.83. The third-order valence-corrected chi connectivity index (χ3v) is 4.94. The minimum atomic E-state index is -4.82. The zero-order chi connectivity index (χ0) is 19.9. The molecule has 2 heterocycles. The molecule has 0 N–H and O–H groups in total. The molecule has 28 heavy (non-hydrogen) atoms. The topological polar surface area (TPSA) is 48.7 Å². The Kier molecular flexibility index (Phi) is 5.01. The van der Waals surface area contributed by atoms with Crippen LogP contribution in [0.5, 0.6) is 11.5 Å². The third-order valence-electron chi connectivity index (χ3n) is 4.35. The number of benzene rings is 1. The van der Waals surface area contributed by atoms with Crippen LogP contribution in [0.2, 0.25) is 10.0 Å². The summed E-state index contributed by atoms with van der Waals surface area (Å²) in [4.78, 5) is 0. The second-order valence-electron chi connectivity index (χ2n) is 6.54. The van der Waals surface area contributed by atoms with E-state index in [1.165, 1.54) is 25.0 Å². The highest BCUT2D eigenvalue weighted by Gasteiger charge is 2.32. The molecule has 5 nitrogen and oxygen atoms in total. The van der Waals surface area contributed by atoms with Crippen molar-refractivity contribution >= 4 is 28.8 Å². The van der Waals surface area contributed by atoms with Gasteiger partial charge in [0.05, 0.1) is 0 Å². The fraction of sp³-hybridized carbons (Fsp3) is 0.333. The van der Waals surface area contributed by atoms with Crippen LogP contribution >= 0.6 is 23.2 Å². The normalized spacial score (nSPS) is 14.5. The van der Waals surface area contributed by atoms with Gasteiger partial charge in [0.1, 0.15) is 29.0 Å². The van der Waals surface area contributed by atoms with Crippen LogP contribution in [0.1, 0.15) is 24.2 Å². The molecule has 4 rings (SSSR count). The summed E-state index contributed by atoms with van der Waals surface area (Å²) in [5.41, 5.74) is 0.573. The molecule has 1 aromatic carbocycles. The SMILES string of the molecule is FC(F)(F)Oc1ccc(Cl)cc1COc1ccn2c(CC3CC3)nnc2c1Cl. The summed E-state index contributed by atoms with van der Waals surface area (Å²) < 4.78 is 49.2. The Balaban J connectivity index is 1.56. The molecule has 0 unspecified atom stereocenters. The number of fused-ring (bicyclic) bond motifs is 1. The molecule has 10 heteroatoms. The van der Waals surface area contributed by atoms with Crippen LogP contribution in [0.3, 0.4) is 0 Å². The Hall–Kier alpha value is -2.19. The van der Waals surface area contributed by atoms with Gasteiger partial charge >= 0.3 is 6.36 Å². The maximum Gasteiger partial charge on any atom is 0.573 e. The standard InChI is InChI=1S/C18H14Cl2F3N3O2/c19-12-3-4-13(28-18(21,22)23)11(8-12)9-27-14-5-6-26-15(7-10-1-2-10)24-25-17(26)16(14)20/h3-6,8,10H,1-2,7,9H2. The smallest absolute Gasteiger partial charge is 0.487 e. The summed E-state index contributed by atoms with van der Waals surface area (Å²) in [5.74, 6) is 1.35. The van der Waals surface area contributed by atoms with Crippen LogP contribution in [-0.2, 0) is 13.0 Å². The van der Waals surface area contributed by atoms with Crippen LogP contribution in [0.4, 0.5) is 13.2 Å². The van der Waals surface area contributed by atoms with Gasteiger partial charge in [-0.2, -0.15) is 0 Å². The summed E-state index contributed by atoms with van der Waals surface area (Å²) >= 11 is 12.3. The number of hydrogen-bond donors (Lipinski definition) is 0. The van der Waals surface area contributed by atoms with E-state index in [2.05, 4.69) is 14.9 Å². The molecule has 0 spiro atoms. The Morgan fingerprint density at radius 1 is 1.11 bits per heavy atom. The van der Waals surface area contributed by atoms with Crippen molar-refractivity contribution in [2.75, 3.05) is 0 Å². The third kappa shape index (κ3) is 4.28. The Morgan fingerprint density at radius 2 is 1.89 bits per heavy atom. The van der Waals surface area contributed by atoms with Crippen molar-refractivity contribution in [2.45, 2.75) is 32.2 Å². The molecule has 1 saturated carbocycles. The first kappa shape index (κ1) is 19.1. The van der Waals surface area contributed by atoms with Gasteiger partial charge in [0.2, 0.25) is 0 Å². The van der Waals surface area contributed by atoms with Crippen molar-refractivity contribution in [1.29, 1.82) is 0 Å². The first-order chi connectivity index (χ1) is 13.3. The Bertz CT molecular complexity index is 1020. The molecule has 148 valence electrons. The van der Waals surface area contributed by atoms with Crippen LogP contribution in [0.15, 0.2) is 30.5 Å². The molecule has 1 fully saturated rings. The number of hydrogen-bond acceptors (Lipinski definition) is 4. The molecule has 1 aliphatic carbocycles. The highest BCUT2D eigenvalue weighted by molar-refractivity contribution is 6.35. The average molecular weight is 432 g/mol. The van der Waals surface area contributed by atoms with Gasteiger partial charge in [-0.1, -0.05) is 23.2 Å². The van der Waals surface area contributed by atoms with Crippen molar-refractivity contribution < 1.29 is 22.6 Å². The second-order valence-corrected chi connectivity index (χ2v) is 7.35. The highest BCUT2D eigenvalue weighted by atomic mass is 35.5. The molecule has 2 aromatic heterocycles. The molecule has 0 atom stereocenters. The van der Waals surface area contributed by atoms with E-state index in [0.29, 0.717) is 11.6 Å². The zero-order valence-electron chi connectivity index (χ0n) is 14.3. The van der Waals surface area contributed by atoms with E-state index < -0.39 is 6.36 Å². The fourth-order valence-corrected chi connectivity index (χ4v) is 3.27. The molecule has 0 saturated heterocycles. The van der Waals surface area contributed by atoms with E-state index in [1.54, 1.807) is 16.7 Å². The van der Waals surface area contributed by atoms with Gasteiger partial charge in [-0.15, -0.1) is 23.4 Å². The number of nitrogens with zero attached hydrogens (tertiary/aromatic N) is 3. The van der Waals surface area contributed by atoms with Crippen molar-refractivity contribution in [2.24, 2.45) is 5.92 Å². The molecule has 0 radical (unpaired) electrons. The summed E-state index contributed by atoms with van der Waals surface area (Å²) in [6, 6.07) is 5.43. The van der Waals surface area contributed by atoms with Crippen LogP contribution in [0.25, 0.3) is 5.65 Å². The number of halogens is 5. The number of pyridine rings is 1. The van der Waals surface area contributed by atoms with Gasteiger partial charge in [0, 0.05) is 23.2 Å². The van der Waals surface area contributed by atoms with Crippen molar-refractivity contribution in [3.05, 3.63) is 51.9 Å². The summed E-state index contributed by atoms with van der Waals surface area (Å²) in [5, 5.41) is 8.77. The largest absolute Gasteiger partial charge is 0.573 e. The van der Waals surface area contributed by atoms with E-state index in [-0.39, 0.29) is 33.7 Å². The monoisotopic (exact) mass is 431 g/mol. The van der Waals surface area contributed by atoms with Gasteiger partial charge in [0.25, 0.3) is 0 Å². The minimum absolute atomic E-state index is 0.136. The van der Waals surface area contributed by atoms with Gasteiger partial charge in [0.15, 0.2) is 5.65 Å². The van der Waals surface area contributed by atoms with Gasteiger partial charge in [-0.05, 0) is 43.0 Å². The summed E-state index contributed by atoms with van der Waals surface area (Å²) in [7, 11) is 0. The van der Waals surface area contributed by atoms with Crippen molar-refractivity contribution in [3.8, 4) is 11.5 Å². The van der Waals surface area contributed by atoms with Crippen LogP contribution in [-0.4, -0.2) is 21.0 Å². The highest BCUT2D eigenvalue weighted by Crippen LogP contribution is 2.35. The first-order valence-corrected chi connectivity index (χ1v) is 9.25. The summed E-state index contributed by atoms with van der Waals surface area (Å²) in [6.45, 7) is -0.217. The second kappa shape index (κ2) is 7.33. The number of rotatable bonds is 6. The van der Waals surface area contributed by atoms with Crippen molar-refractivity contribution in [1.82, 2.24) is 14.6 Å². The number of ether oxygens (including phenoxy) is 2. The molecule has 0 aliphatic heterocycles. The minimum Gasteiger partial charge on any atom is -0.487 e. The zero-order valence-corrected chi connectivity index (χ0v) is 15.9. The Labute approximate surface area is 168 Å². The quantitative estimate of drug-likeness (QED) is 0.519. The molecule has 0 amide bonds. The molecule has 0 bridgehead atoms. The maximum absolute atomic E-state index is 12.6.